The van der Waals surface area contributed by atoms with Crippen LogP contribution in [-0.2, 0) is 4.79 Å². The molecule has 1 N–H and O–H groups in total. The lowest BCUT2D eigenvalue weighted by Crippen LogP contribution is -2.37. The Labute approximate surface area is 120 Å². The number of aromatic nitrogens is 1. The van der Waals surface area contributed by atoms with Gasteiger partial charge in [-0.05, 0) is 37.3 Å². The van der Waals surface area contributed by atoms with E-state index in [0.29, 0.717) is 5.92 Å². The van der Waals surface area contributed by atoms with Crippen molar-refractivity contribution in [2.75, 3.05) is 18.0 Å². The van der Waals surface area contributed by atoms with Crippen molar-refractivity contribution in [2.45, 2.75) is 44.6 Å². The summed E-state index contributed by atoms with van der Waals surface area (Å²) in [6.45, 7) is 1.86. The monoisotopic (exact) mass is 273 g/mol. The third-order valence-corrected chi connectivity index (χ3v) is 4.48. The van der Waals surface area contributed by atoms with E-state index in [1.54, 1.807) is 0 Å². The minimum absolute atomic E-state index is 0.241. The number of pyridine rings is 1. The molecule has 108 valence electrons. The molecule has 1 unspecified atom stereocenters. The number of hydrogen-bond acceptors (Lipinski definition) is 3. The van der Waals surface area contributed by atoms with Crippen molar-refractivity contribution < 1.29 is 4.79 Å². The van der Waals surface area contributed by atoms with Crippen molar-refractivity contribution in [3.63, 3.8) is 0 Å². The molecule has 0 spiro atoms. The molecule has 4 heteroatoms. The summed E-state index contributed by atoms with van der Waals surface area (Å²) in [5, 5.41) is 3.20. The van der Waals surface area contributed by atoms with Crippen LogP contribution < -0.4 is 10.2 Å². The maximum Gasteiger partial charge on any atom is 0.220 e. The maximum atomic E-state index is 12.1. The van der Waals surface area contributed by atoms with E-state index in [1.165, 1.54) is 25.7 Å². The second-order valence-electron chi connectivity index (χ2n) is 6.04. The van der Waals surface area contributed by atoms with Gasteiger partial charge in [-0.25, -0.2) is 4.98 Å². The molecule has 3 rings (SSSR count). The number of hydrogen-bond donors (Lipinski definition) is 1. The molecule has 1 aromatic heterocycles. The van der Waals surface area contributed by atoms with Gasteiger partial charge in [0.15, 0.2) is 0 Å². The lowest BCUT2D eigenvalue weighted by molar-refractivity contribution is -0.122. The Kier molecular flexibility index (Phi) is 4.19. The van der Waals surface area contributed by atoms with E-state index < -0.39 is 0 Å². The van der Waals surface area contributed by atoms with Gasteiger partial charge in [0.2, 0.25) is 5.91 Å². The average Bonchev–Trinajstić information content (AvgIpc) is 3.11. The molecule has 1 saturated heterocycles. The first kappa shape index (κ1) is 13.4. The van der Waals surface area contributed by atoms with Crippen LogP contribution in [0.1, 0.15) is 38.5 Å². The molecule has 2 fully saturated rings. The van der Waals surface area contributed by atoms with Crippen LogP contribution in [0, 0.1) is 5.92 Å². The van der Waals surface area contributed by atoms with E-state index in [1.807, 2.05) is 24.4 Å². The zero-order valence-corrected chi connectivity index (χ0v) is 11.9. The highest BCUT2D eigenvalue weighted by molar-refractivity contribution is 5.76. The number of amides is 1. The third kappa shape index (κ3) is 3.30. The molecule has 1 aromatic rings. The molecular weight excluding hydrogens is 250 g/mol. The Morgan fingerprint density at radius 1 is 1.30 bits per heavy atom. The van der Waals surface area contributed by atoms with Gasteiger partial charge in [0.25, 0.3) is 0 Å². The van der Waals surface area contributed by atoms with Gasteiger partial charge >= 0.3 is 0 Å². The van der Waals surface area contributed by atoms with Gasteiger partial charge in [0.1, 0.15) is 5.82 Å². The van der Waals surface area contributed by atoms with E-state index in [9.17, 15) is 4.79 Å². The third-order valence-electron chi connectivity index (χ3n) is 4.48. The lowest BCUT2D eigenvalue weighted by atomic mass is 10.0. The topological polar surface area (TPSA) is 45.2 Å². The van der Waals surface area contributed by atoms with Crippen LogP contribution in [0.25, 0.3) is 0 Å². The largest absolute Gasteiger partial charge is 0.354 e. The standard InChI is InChI=1S/C16H23N3O/c20-16(11-13-5-1-2-6-13)18-14-8-10-19(12-14)15-7-3-4-9-17-15/h3-4,7,9,13-14H,1-2,5-6,8,10-12H2,(H,18,20). The minimum atomic E-state index is 0.241. The summed E-state index contributed by atoms with van der Waals surface area (Å²) in [6, 6.07) is 6.25. The minimum Gasteiger partial charge on any atom is -0.354 e. The molecule has 1 saturated carbocycles. The Bertz CT molecular complexity index is 442. The van der Waals surface area contributed by atoms with Crippen molar-refractivity contribution in [3.8, 4) is 0 Å². The van der Waals surface area contributed by atoms with E-state index in [0.717, 1.165) is 31.7 Å². The molecule has 0 aromatic carbocycles. The molecule has 0 bridgehead atoms. The van der Waals surface area contributed by atoms with E-state index in [4.69, 9.17) is 0 Å². The SMILES string of the molecule is O=C(CC1CCCC1)NC1CCN(c2ccccn2)C1. The molecule has 1 aliphatic carbocycles. The predicted octanol–water partition coefficient (Wildman–Crippen LogP) is 2.36. The molecular formula is C16H23N3O. The van der Waals surface area contributed by atoms with Crippen molar-refractivity contribution in [1.82, 2.24) is 10.3 Å². The molecule has 1 aliphatic heterocycles. The number of anilines is 1. The molecule has 2 aliphatic rings. The van der Waals surface area contributed by atoms with E-state index in [-0.39, 0.29) is 11.9 Å². The Balaban J connectivity index is 1.46. The number of rotatable bonds is 4. The van der Waals surface area contributed by atoms with Gasteiger partial charge in [0.05, 0.1) is 0 Å². The van der Waals surface area contributed by atoms with Crippen molar-refractivity contribution >= 4 is 11.7 Å². The summed E-state index contributed by atoms with van der Waals surface area (Å²) < 4.78 is 0. The van der Waals surface area contributed by atoms with Crippen LogP contribution in [0.2, 0.25) is 0 Å². The van der Waals surface area contributed by atoms with Crippen LogP contribution >= 0.6 is 0 Å². The number of carbonyl (C=O) groups excluding carboxylic acids is 1. The smallest absolute Gasteiger partial charge is 0.220 e. The maximum absolute atomic E-state index is 12.1. The Hall–Kier alpha value is -1.58. The Morgan fingerprint density at radius 3 is 2.90 bits per heavy atom. The second kappa shape index (κ2) is 6.25. The summed E-state index contributed by atoms with van der Waals surface area (Å²) >= 11 is 0. The zero-order chi connectivity index (χ0) is 13.8. The quantitative estimate of drug-likeness (QED) is 0.916. The number of carbonyl (C=O) groups is 1. The lowest BCUT2D eigenvalue weighted by Gasteiger charge is -2.18. The van der Waals surface area contributed by atoms with Crippen LogP contribution in [0.15, 0.2) is 24.4 Å². The van der Waals surface area contributed by atoms with E-state index >= 15 is 0 Å². The van der Waals surface area contributed by atoms with Crippen LogP contribution in [0.4, 0.5) is 5.82 Å². The molecule has 1 amide bonds. The molecule has 20 heavy (non-hydrogen) atoms. The first-order valence-corrected chi connectivity index (χ1v) is 7.76. The fraction of sp³-hybridized carbons (Fsp3) is 0.625. The van der Waals surface area contributed by atoms with Gasteiger partial charge in [-0.15, -0.1) is 0 Å². The van der Waals surface area contributed by atoms with Gasteiger partial charge in [0, 0.05) is 31.7 Å². The van der Waals surface area contributed by atoms with Crippen molar-refractivity contribution in [1.29, 1.82) is 0 Å². The fourth-order valence-electron chi connectivity index (χ4n) is 3.39. The average molecular weight is 273 g/mol. The zero-order valence-electron chi connectivity index (χ0n) is 11.9. The van der Waals surface area contributed by atoms with E-state index in [2.05, 4.69) is 15.2 Å². The summed E-state index contributed by atoms with van der Waals surface area (Å²) in [6.07, 6.45) is 8.63. The van der Waals surface area contributed by atoms with Gasteiger partial charge in [-0.1, -0.05) is 18.9 Å². The molecule has 1 atom stereocenters. The summed E-state index contributed by atoms with van der Waals surface area (Å²) in [4.78, 5) is 18.7. The summed E-state index contributed by atoms with van der Waals surface area (Å²) in [5.41, 5.74) is 0. The van der Waals surface area contributed by atoms with Crippen LogP contribution in [-0.4, -0.2) is 30.0 Å². The van der Waals surface area contributed by atoms with Crippen molar-refractivity contribution in [2.24, 2.45) is 5.92 Å². The first-order valence-electron chi connectivity index (χ1n) is 7.76. The summed E-state index contributed by atoms with van der Waals surface area (Å²) in [5.74, 6) is 1.88. The molecule has 0 radical (unpaired) electrons. The number of nitrogens with zero attached hydrogens (tertiary/aromatic N) is 2. The summed E-state index contributed by atoms with van der Waals surface area (Å²) in [7, 11) is 0. The molecule has 2 heterocycles. The van der Waals surface area contributed by atoms with Gasteiger partial charge in [-0.3, -0.25) is 4.79 Å². The van der Waals surface area contributed by atoms with Crippen LogP contribution in [0.3, 0.4) is 0 Å². The highest BCUT2D eigenvalue weighted by Crippen LogP contribution is 2.27. The van der Waals surface area contributed by atoms with Crippen molar-refractivity contribution in [3.05, 3.63) is 24.4 Å². The number of nitrogens with one attached hydrogen (secondary N) is 1. The predicted molar refractivity (Wildman–Crippen MR) is 79.6 cm³/mol. The Morgan fingerprint density at radius 2 is 2.15 bits per heavy atom. The highest BCUT2D eigenvalue weighted by atomic mass is 16.1. The normalized spacial score (nSPS) is 23.2. The first-order chi connectivity index (χ1) is 9.81. The fourth-order valence-corrected chi connectivity index (χ4v) is 3.39. The van der Waals surface area contributed by atoms with Gasteiger partial charge in [-0.2, -0.15) is 0 Å². The second-order valence-corrected chi connectivity index (χ2v) is 6.04. The van der Waals surface area contributed by atoms with Crippen LogP contribution in [0.5, 0.6) is 0 Å². The highest BCUT2D eigenvalue weighted by Gasteiger charge is 2.26. The molecule has 4 nitrogen and oxygen atoms in total. The van der Waals surface area contributed by atoms with Gasteiger partial charge < -0.3 is 10.2 Å².